The Hall–Kier alpha value is -2.84. The van der Waals surface area contributed by atoms with E-state index < -0.39 is 18.1 Å². The van der Waals surface area contributed by atoms with E-state index in [1.165, 1.54) is 34.9 Å². The van der Waals surface area contributed by atoms with Crippen molar-refractivity contribution in [3.8, 4) is 0 Å². The zero-order chi connectivity index (χ0) is 25.9. The first-order valence-electron chi connectivity index (χ1n) is 13.2. The topological polar surface area (TPSA) is 59.6 Å². The number of fused-ring (bicyclic) bond motifs is 1. The summed E-state index contributed by atoms with van der Waals surface area (Å²) in [6.07, 6.45) is 1.84. The molecule has 1 saturated carbocycles. The molecule has 2 saturated heterocycles. The van der Waals surface area contributed by atoms with Crippen LogP contribution in [-0.4, -0.2) is 57.7 Å². The van der Waals surface area contributed by atoms with Crippen molar-refractivity contribution in [1.82, 2.24) is 14.8 Å². The molecule has 0 radical (unpaired) electrons. The monoisotopic (exact) mass is 511 g/mol. The first kappa shape index (κ1) is 24.5. The molecule has 3 fully saturated rings. The number of likely N-dealkylation sites (tertiary alicyclic amines) is 2. The number of aryl methyl sites for hydroxylation is 1. The molecule has 3 aromatic rings. The Bertz CT molecular complexity index is 1310. The van der Waals surface area contributed by atoms with E-state index in [9.17, 15) is 23.1 Å². The highest BCUT2D eigenvalue weighted by Crippen LogP contribution is 2.46. The van der Waals surface area contributed by atoms with Gasteiger partial charge in [0, 0.05) is 55.4 Å². The Morgan fingerprint density at radius 2 is 1.84 bits per heavy atom. The molecule has 196 valence electrons. The zero-order valence-corrected chi connectivity index (χ0v) is 20.9. The second kappa shape index (κ2) is 9.17. The zero-order valence-electron chi connectivity index (χ0n) is 20.9. The van der Waals surface area contributed by atoms with Crippen LogP contribution in [0.1, 0.15) is 70.3 Å². The van der Waals surface area contributed by atoms with Crippen LogP contribution < -0.4 is 0 Å². The van der Waals surface area contributed by atoms with Crippen LogP contribution >= 0.6 is 0 Å². The molecular weight excluding hydrogens is 479 g/mol. The normalized spacial score (nSPS) is 23.9. The molecular formula is C29H32F3N3O2. The average Bonchev–Trinajstić information content (AvgIpc) is 3.55. The van der Waals surface area contributed by atoms with Gasteiger partial charge in [-0.2, -0.15) is 13.2 Å². The molecule has 2 atom stereocenters. The Morgan fingerprint density at radius 1 is 1.11 bits per heavy atom. The van der Waals surface area contributed by atoms with E-state index in [4.69, 9.17) is 0 Å². The fourth-order valence-electron chi connectivity index (χ4n) is 6.36. The lowest BCUT2D eigenvalue weighted by molar-refractivity contribution is -0.216. The minimum absolute atomic E-state index is 0.00822. The molecule has 5 nitrogen and oxygen atoms in total. The van der Waals surface area contributed by atoms with E-state index >= 15 is 0 Å². The van der Waals surface area contributed by atoms with Crippen LogP contribution in [-0.2, 0) is 6.54 Å². The summed E-state index contributed by atoms with van der Waals surface area (Å²) in [5.41, 5.74) is 6.44. The number of aromatic nitrogens is 1. The minimum atomic E-state index is -4.13. The third-order valence-corrected chi connectivity index (χ3v) is 8.68. The highest BCUT2D eigenvalue weighted by molar-refractivity contribution is 5.88. The summed E-state index contributed by atoms with van der Waals surface area (Å²) in [5.74, 6) is -1.60. The molecule has 2 unspecified atom stereocenters. The minimum Gasteiger partial charge on any atom is -0.478 e. The molecule has 2 N–H and O–H groups in total. The van der Waals surface area contributed by atoms with E-state index in [1.807, 2.05) is 23.2 Å². The fraction of sp³-hybridized carbons (Fsp3) is 0.483. The number of benzene rings is 2. The summed E-state index contributed by atoms with van der Waals surface area (Å²) in [7, 11) is 0. The second-order valence-corrected chi connectivity index (χ2v) is 11.1. The van der Waals surface area contributed by atoms with Gasteiger partial charge < -0.3 is 10.1 Å². The lowest BCUT2D eigenvalue weighted by Crippen LogP contribution is -2.59. The highest BCUT2D eigenvalue weighted by Gasteiger charge is 2.49. The van der Waals surface area contributed by atoms with Gasteiger partial charge in [-0.05, 0) is 79.0 Å². The van der Waals surface area contributed by atoms with Gasteiger partial charge in [-0.3, -0.25) is 9.80 Å². The van der Waals surface area contributed by atoms with E-state index in [0.717, 1.165) is 37.0 Å². The summed E-state index contributed by atoms with van der Waals surface area (Å²) >= 11 is 0. The lowest BCUT2D eigenvalue weighted by atomic mass is 9.86. The molecule has 8 heteroatoms. The molecule has 1 aromatic heterocycles. The second-order valence-electron chi connectivity index (χ2n) is 11.1. The molecule has 1 aliphatic carbocycles. The average molecular weight is 512 g/mol. The van der Waals surface area contributed by atoms with Gasteiger partial charge in [-0.15, -0.1) is 0 Å². The van der Waals surface area contributed by atoms with Crippen LogP contribution in [0.25, 0.3) is 10.9 Å². The Kier molecular flexibility index (Phi) is 6.07. The summed E-state index contributed by atoms with van der Waals surface area (Å²) in [6, 6.07) is 11.6. The Labute approximate surface area is 214 Å². The van der Waals surface area contributed by atoms with Crippen molar-refractivity contribution in [1.29, 1.82) is 0 Å². The molecule has 37 heavy (non-hydrogen) atoms. The maximum absolute atomic E-state index is 13.1. The van der Waals surface area contributed by atoms with Gasteiger partial charge in [-0.1, -0.05) is 18.2 Å². The van der Waals surface area contributed by atoms with Crippen LogP contribution in [0.2, 0.25) is 0 Å². The number of nitrogens with zero attached hydrogens (tertiary/aromatic N) is 2. The smallest absolute Gasteiger partial charge is 0.394 e. The number of piperidine rings is 1. The number of carbonyl (C=O) groups is 1. The number of aromatic carboxylic acids is 1. The first-order chi connectivity index (χ1) is 17.7. The number of carboxylic acids is 1. The van der Waals surface area contributed by atoms with Gasteiger partial charge in [0.15, 0.2) is 0 Å². The van der Waals surface area contributed by atoms with Crippen LogP contribution in [0.4, 0.5) is 13.2 Å². The lowest BCUT2D eigenvalue weighted by Gasteiger charge is -2.50. The number of H-pyrrole nitrogens is 1. The maximum Gasteiger partial charge on any atom is 0.394 e. The van der Waals surface area contributed by atoms with Crippen LogP contribution in [0.3, 0.4) is 0 Å². The molecule has 6 rings (SSSR count). The van der Waals surface area contributed by atoms with Gasteiger partial charge in [0.05, 0.1) is 11.5 Å². The van der Waals surface area contributed by atoms with Crippen LogP contribution in [0.15, 0.2) is 42.6 Å². The van der Waals surface area contributed by atoms with E-state index in [0.29, 0.717) is 5.92 Å². The van der Waals surface area contributed by atoms with Crippen molar-refractivity contribution >= 4 is 16.9 Å². The number of hydrogen-bond donors (Lipinski definition) is 2. The van der Waals surface area contributed by atoms with Crippen molar-refractivity contribution in [2.24, 2.45) is 5.92 Å². The van der Waals surface area contributed by atoms with Gasteiger partial charge in [-0.25, -0.2) is 4.79 Å². The number of aromatic amines is 1. The predicted molar refractivity (Wildman–Crippen MR) is 136 cm³/mol. The number of alkyl halides is 3. The van der Waals surface area contributed by atoms with Crippen LogP contribution in [0.5, 0.6) is 0 Å². The van der Waals surface area contributed by atoms with Crippen molar-refractivity contribution in [3.63, 3.8) is 0 Å². The summed E-state index contributed by atoms with van der Waals surface area (Å²) in [6.45, 7) is 3.85. The molecule has 3 heterocycles. The van der Waals surface area contributed by atoms with Crippen molar-refractivity contribution in [2.45, 2.75) is 63.3 Å². The summed E-state index contributed by atoms with van der Waals surface area (Å²) in [4.78, 5) is 19.2. The van der Waals surface area contributed by atoms with E-state index in [2.05, 4.69) is 28.9 Å². The van der Waals surface area contributed by atoms with Gasteiger partial charge in [0.25, 0.3) is 0 Å². The number of hydrogen-bond acceptors (Lipinski definition) is 3. The Morgan fingerprint density at radius 3 is 2.49 bits per heavy atom. The van der Waals surface area contributed by atoms with Crippen LogP contribution in [0, 0.1) is 12.8 Å². The number of rotatable bonds is 6. The standard InChI is InChI=1S/C29H32F3N3O2/c1-17-12-24(18-2-3-18)25(23-8-10-33-27(17)23)16-34-11-9-22(35-14-21(15-35)29(30,31)32)13-26(34)19-4-6-20(7-5-19)28(36)37/h4-8,10,12,18,21-22,26,33H,2-3,9,11,13-16H2,1H3,(H,36,37). The van der Waals surface area contributed by atoms with Crippen molar-refractivity contribution in [3.05, 3.63) is 70.4 Å². The maximum atomic E-state index is 13.1. The Balaban J connectivity index is 1.30. The molecule has 0 amide bonds. The third-order valence-electron chi connectivity index (χ3n) is 8.68. The first-order valence-corrected chi connectivity index (χ1v) is 13.2. The van der Waals surface area contributed by atoms with E-state index in [-0.39, 0.29) is 30.7 Å². The van der Waals surface area contributed by atoms with Gasteiger partial charge in [0.2, 0.25) is 0 Å². The fourth-order valence-corrected chi connectivity index (χ4v) is 6.36. The van der Waals surface area contributed by atoms with Crippen molar-refractivity contribution in [2.75, 3.05) is 19.6 Å². The quantitative estimate of drug-likeness (QED) is 0.411. The molecule has 0 spiro atoms. The molecule has 0 bridgehead atoms. The van der Waals surface area contributed by atoms with E-state index in [1.54, 1.807) is 12.1 Å². The molecule has 2 aliphatic heterocycles. The van der Waals surface area contributed by atoms with Gasteiger partial charge >= 0.3 is 12.1 Å². The number of halogens is 3. The summed E-state index contributed by atoms with van der Waals surface area (Å²) in [5, 5.41) is 10.6. The van der Waals surface area contributed by atoms with Crippen molar-refractivity contribution < 1.29 is 23.1 Å². The highest BCUT2D eigenvalue weighted by atomic mass is 19.4. The largest absolute Gasteiger partial charge is 0.478 e. The molecule has 3 aliphatic rings. The third kappa shape index (κ3) is 4.66. The summed E-state index contributed by atoms with van der Waals surface area (Å²) < 4.78 is 39.4. The number of nitrogens with one attached hydrogen (secondary N) is 1. The van der Waals surface area contributed by atoms with Gasteiger partial charge in [0.1, 0.15) is 0 Å². The molecule has 2 aromatic carbocycles. The SMILES string of the molecule is Cc1cc(C2CC2)c(CN2CCC(N3CC(C(F)(F)F)C3)CC2c2ccc(C(=O)O)cc2)c2cc[nH]c12. The predicted octanol–water partition coefficient (Wildman–Crippen LogP) is 6.25. The number of carboxylic acid groups (broad SMARTS) is 1.